The van der Waals surface area contributed by atoms with E-state index in [4.69, 9.17) is 9.47 Å². The summed E-state index contributed by atoms with van der Waals surface area (Å²) in [6.07, 6.45) is 18.9. The second kappa shape index (κ2) is 21.2. The van der Waals surface area contributed by atoms with Crippen LogP contribution in [0.15, 0.2) is 0 Å². The third kappa shape index (κ3) is 18.9. The molecule has 0 spiro atoms. The number of carbonyl (C=O) groups is 1. The van der Waals surface area contributed by atoms with Gasteiger partial charge in [0.1, 0.15) is 6.10 Å². The van der Waals surface area contributed by atoms with Gasteiger partial charge in [-0.05, 0) is 25.7 Å². The molecule has 0 aliphatic heterocycles. The third-order valence-electron chi connectivity index (χ3n) is 6.53. The molecule has 0 aromatic rings. The molecule has 0 saturated heterocycles. The normalized spacial score (nSPS) is 13.4. The minimum atomic E-state index is -2.14. The van der Waals surface area contributed by atoms with Crippen LogP contribution in [0.25, 0.3) is 0 Å². The first-order valence-corrected chi connectivity index (χ1v) is 15.3. The molecule has 0 aliphatic carbocycles. The standard InChI is InChI=1S/C28H56NO5S/c1-7-9-10-11-12-13-14-15-16-19-22-27(26(8-2)34-25(3)30)33-24-21-18-17-20-23-28(35(31)32)29(4,5)6/h26-27H,7-24H2,1-6H3/q+1. The van der Waals surface area contributed by atoms with Gasteiger partial charge in [-0.15, -0.1) is 0 Å². The van der Waals surface area contributed by atoms with Crippen molar-refractivity contribution in [3.05, 3.63) is 0 Å². The monoisotopic (exact) mass is 518 g/mol. The van der Waals surface area contributed by atoms with Crippen LogP contribution in [0, 0.1) is 0 Å². The Morgan fingerprint density at radius 1 is 0.743 bits per heavy atom. The van der Waals surface area contributed by atoms with Crippen molar-refractivity contribution in [2.45, 2.75) is 142 Å². The van der Waals surface area contributed by atoms with Crippen LogP contribution in [-0.4, -0.2) is 63.8 Å². The van der Waals surface area contributed by atoms with Crippen LogP contribution in [0.3, 0.4) is 0 Å². The lowest BCUT2D eigenvalue weighted by Gasteiger charge is -2.26. The number of rotatable bonds is 22. The maximum absolute atomic E-state index is 11.6. The number of ether oxygens (including phenoxy) is 2. The maximum atomic E-state index is 11.6. The Bertz CT molecular complexity index is 661. The second-order valence-electron chi connectivity index (χ2n) is 10.7. The molecular formula is C28H56NO5S+. The van der Waals surface area contributed by atoms with Crippen LogP contribution in [0.1, 0.15) is 130 Å². The molecule has 2 atom stereocenters. The molecule has 0 radical (unpaired) electrons. The first-order chi connectivity index (χ1) is 16.6. The molecular weight excluding hydrogens is 462 g/mol. The Hall–Kier alpha value is -0.920. The van der Waals surface area contributed by atoms with Gasteiger partial charge in [0.05, 0.1) is 27.2 Å². The quantitative estimate of drug-likeness (QED) is 0.0691. The largest absolute Gasteiger partial charge is 0.460 e. The van der Waals surface area contributed by atoms with Crippen LogP contribution in [0.2, 0.25) is 0 Å². The van der Waals surface area contributed by atoms with Crippen molar-refractivity contribution >= 4 is 21.3 Å². The SMILES string of the molecule is CCCCCCCCCCCCC(OCCCCCCC(=S(=O)=O)[N+](C)(C)C)C(CC)OC(C)=O. The highest BCUT2D eigenvalue weighted by Crippen LogP contribution is 2.19. The molecule has 35 heavy (non-hydrogen) atoms. The molecule has 7 heteroatoms. The fourth-order valence-corrected chi connectivity index (χ4v) is 5.21. The number of hydrogen-bond donors (Lipinski definition) is 0. The van der Waals surface area contributed by atoms with E-state index in [0.717, 1.165) is 44.9 Å². The van der Waals surface area contributed by atoms with Crippen molar-refractivity contribution in [1.29, 1.82) is 0 Å². The number of quaternary nitrogens is 1. The van der Waals surface area contributed by atoms with Crippen LogP contribution in [0.5, 0.6) is 0 Å². The number of carbonyl (C=O) groups excluding carboxylic acids is 1. The molecule has 208 valence electrons. The van der Waals surface area contributed by atoms with Crippen molar-refractivity contribution in [3.63, 3.8) is 0 Å². The maximum Gasteiger partial charge on any atom is 0.302 e. The molecule has 0 aromatic carbocycles. The van der Waals surface area contributed by atoms with Crippen molar-refractivity contribution in [2.24, 2.45) is 0 Å². The average Bonchev–Trinajstić information content (AvgIpc) is 2.77. The number of unbranched alkanes of at least 4 members (excludes halogenated alkanes) is 12. The molecule has 0 bridgehead atoms. The van der Waals surface area contributed by atoms with Gasteiger partial charge in [0, 0.05) is 20.0 Å². The Balaban J connectivity index is 4.28. The lowest BCUT2D eigenvalue weighted by molar-refractivity contribution is -0.775. The fourth-order valence-electron chi connectivity index (χ4n) is 4.45. The van der Waals surface area contributed by atoms with E-state index in [1.165, 1.54) is 64.7 Å². The van der Waals surface area contributed by atoms with Gasteiger partial charge < -0.3 is 9.47 Å². The van der Waals surface area contributed by atoms with Gasteiger partial charge >= 0.3 is 5.97 Å². The van der Waals surface area contributed by atoms with Crippen LogP contribution >= 0.6 is 0 Å². The van der Waals surface area contributed by atoms with E-state index in [2.05, 4.69) is 6.92 Å². The minimum Gasteiger partial charge on any atom is -0.460 e. The lowest BCUT2D eigenvalue weighted by Crippen LogP contribution is -2.41. The Morgan fingerprint density at radius 3 is 1.74 bits per heavy atom. The highest BCUT2D eigenvalue weighted by molar-refractivity contribution is 7.72. The van der Waals surface area contributed by atoms with Crippen molar-refractivity contribution < 1.29 is 27.2 Å². The summed E-state index contributed by atoms with van der Waals surface area (Å²) in [6, 6.07) is 0. The highest BCUT2D eigenvalue weighted by atomic mass is 32.2. The summed E-state index contributed by atoms with van der Waals surface area (Å²) in [7, 11) is 3.53. The van der Waals surface area contributed by atoms with Gasteiger partial charge in [-0.25, -0.2) is 0 Å². The predicted octanol–water partition coefficient (Wildman–Crippen LogP) is 6.69. The smallest absolute Gasteiger partial charge is 0.302 e. The number of hydrogen-bond acceptors (Lipinski definition) is 5. The molecule has 0 heterocycles. The van der Waals surface area contributed by atoms with Crippen LogP contribution in [0.4, 0.5) is 0 Å². The van der Waals surface area contributed by atoms with Crippen molar-refractivity contribution in [1.82, 2.24) is 0 Å². The van der Waals surface area contributed by atoms with E-state index in [1.807, 2.05) is 28.1 Å². The van der Waals surface area contributed by atoms with Gasteiger partial charge in [-0.3, -0.25) is 9.28 Å². The van der Waals surface area contributed by atoms with Crippen LogP contribution in [-0.2, 0) is 24.6 Å². The van der Waals surface area contributed by atoms with E-state index >= 15 is 0 Å². The molecule has 2 unspecified atom stereocenters. The fraction of sp³-hybridized carbons (Fsp3) is 0.929. The topological polar surface area (TPSA) is 69.7 Å². The Labute approximate surface area is 218 Å². The van der Waals surface area contributed by atoms with Crippen molar-refractivity contribution in [3.8, 4) is 0 Å². The minimum absolute atomic E-state index is 0.0426. The molecule has 0 fully saturated rings. The summed E-state index contributed by atoms with van der Waals surface area (Å²) in [5.41, 5.74) is 0. The predicted molar refractivity (Wildman–Crippen MR) is 147 cm³/mol. The molecule has 0 aliphatic rings. The lowest BCUT2D eigenvalue weighted by atomic mass is 10.0. The van der Waals surface area contributed by atoms with E-state index in [0.29, 0.717) is 22.5 Å². The van der Waals surface area contributed by atoms with Crippen LogP contribution < -0.4 is 0 Å². The number of esters is 1. The zero-order valence-electron chi connectivity index (χ0n) is 23.8. The molecule has 0 rings (SSSR count). The summed E-state index contributed by atoms with van der Waals surface area (Å²) < 4.78 is 35.0. The van der Waals surface area contributed by atoms with Gasteiger partial charge in [0.25, 0.3) is 10.3 Å². The van der Waals surface area contributed by atoms with E-state index in [9.17, 15) is 13.2 Å². The Morgan fingerprint density at radius 2 is 1.26 bits per heavy atom. The first kappa shape index (κ1) is 34.1. The van der Waals surface area contributed by atoms with E-state index < -0.39 is 10.3 Å². The second-order valence-corrected chi connectivity index (χ2v) is 11.7. The zero-order chi connectivity index (χ0) is 26.5. The molecule has 0 amide bonds. The number of nitrogens with zero attached hydrogens (tertiary/aromatic N) is 1. The molecule has 0 N–H and O–H groups in total. The zero-order valence-corrected chi connectivity index (χ0v) is 24.6. The molecule has 0 aromatic heterocycles. The van der Waals surface area contributed by atoms with Gasteiger partial charge in [0.2, 0.25) is 4.99 Å². The van der Waals surface area contributed by atoms with Gasteiger partial charge in [-0.2, -0.15) is 8.42 Å². The van der Waals surface area contributed by atoms with Gasteiger partial charge in [-0.1, -0.05) is 90.9 Å². The third-order valence-corrected chi connectivity index (χ3v) is 7.67. The molecule has 0 saturated carbocycles. The van der Waals surface area contributed by atoms with E-state index in [1.54, 1.807) is 0 Å². The first-order valence-electron chi connectivity index (χ1n) is 14.2. The summed E-state index contributed by atoms with van der Waals surface area (Å²) in [6.45, 7) is 6.42. The summed E-state index contributed by atoms with van der Waals surface area (Å²) >= 11 is 0. The summed E-state index contributed by atoms with van der Waals surface area (Å²) in [4.78, 5) is 12.1. The Kier molecular flexibility index (Phi) is 20.6. The highest BCUT2D eigenvalue weighted by Gasteiger charge is 2.23. The average molecular weight is 519 g/mol. The summed E-state index contributed by atoms with van der Waals surface area (Å²) in [5.74, 6) is -0.242. The van der Waals surface area contributed by atoms with E-state index in [-0.39, 0.29) is 18.2 Å². The molecule has 6 nitrogen and oxygen atoms in total. The summed E-state index contributed by atoms with van der Waals surface area (Å²) in [5, 5.41) is 0. The van der Waals surface area contributed by atoms with Crippen molar-refractivity contribution in [2.75, 3.05) is 27.7 Å². The van der Waals surface area contributed by atoms with Gasteiger partial charge in [0.15, 0.2) is 0 Å².